The number of hydrogen-bond donors (Lipinski definition) is 1. The summed E-state index contributed by atoms with van der Waals surface area (Å²) >= 11 is 0. The third kappa shape index (κ3) is 3.56. The minimum atomic E-state index is -1.15. The average Bonchev–Trinajstić information content (AvgIpc) is 2.44. The summed E-state index contributed by atoms with van der Waals surface area (Å²) in [5.41, 5.74) is -0.671. The maximum atomic E-state index is 13.8. The van der Waals surface area contributed by atoms with Crippen LogP contribution in [0.15, 0.2) is 12.1 Å². The highest BCUT2D eigenvalue weighted by atomic mass is 19.1. The molecule has 3 nitrogen and oxygen atoms in total. The smallest absolute Gasteiger partial charge is 0.260 e. The Hall–Kier alpha value is -1.56. The van der Waals surface area contributed by atoms with Gasteiger partial charge in [0.1, 0.15) is 23.0 Å². The Kier molecular flexibility index (Phi) is 5.22. The van der Waals surface area contributed by atoms with Crippen LogP contribution in [0.5, 0.6) is 0 Å². The highest BCUT2D eigenvalue weighted by Gasteiger charge is 2.29. The molecule has 0 aromatic heterocycles. The molecule has 0 saturated carbocycles. The number of nitrogens with zero attached hydrogens (tertiary/aromatic N) is 1. The molecule has 21 heavy (non-hydrogen) atoms. The number of hydrogen-bond acceptors (Lipinski definition) is 2. The summed E-state index contributed by atoms with van der Waals surface area (Å²) in [6.45, 7) is 3.80. The molecule has 1 aromatic rings. The van der Waals surface area contributed by atoms with Crippen LogP contribution in [0.2, 0.25) is 0 Å². The van der Waals surface area contributed by atoms with E-state index in [1.807, 2.05) is 6.92 Å². The van der Waals surface area contributed by atoms with E-state index in [1.165, 1.54) is 4.90 Å². The number of benzene rings is 1. The van der Waals surface area contributed by atoms with Crippen molar-refractivity contribution in [2.75, 3.05) is 19.6 Å². The van der Waals surface area contributed by atoms with Gasteiger partial charge in [0.25, 0.3) is 5.91 Å². The molecule has 6 heteroatoms. The summed E-state index contributed by atoms with van der Waals surface area (Å²) in [5.74, 6) is -4.03. The van der Waals surface area contributed by atoms with Crippen molar-refractivity contribution in [1.29, 1.82) is 0 Å². The maximum absolute atomic E-state index is 13.8. The first-order valence-electron chi connectivity index (χ1n) is 7.20. The number of halogens is 3. The average molecular weight is 300 g/mol. The second-order valence-electron chi connectivity index (χ2n) is 5.24. The van der Waals surface area contributed by atoms with Crippen molar-refractivity contribution in [2.45, 2.75) is 32.2 Å². The van der Waals surface area contributed by atoms with Crippen molar-refractivity contribution >= 4 is 5.91 Å². The number of carbonyl (C=O) groups excluding carboxylic acids is 1. The largest absolute Gasteiger partial charge is 0.334 e. The summed E-state index contributed by atoms with van der Waals surface area (Å²) in [6.07, 6.45) is 2.39. The molecule has 1 aromatic carbocycles. The van der Waals surface area contributed by atoms with Crippen molar-refractivity contribution in [3.05, 3.63) is 35.1 Å². The first kappa shape index (κ1) is 15.8. The van der Waals surface area contributed by atoms with E-state index >= 15 is 0 Å². The van der Waals surface area contributed by atoms with Crippen LogP contribution in [0.1, 0.15) is 36.5 Å². The maximum Gasteiger partial charge on any atom is 0.260 e. The zero-order valence-electron chi connectivity index (χ0n) is 12.0. The summed E-state index contributed by atoms with van der Waals surface area (Å²) in [4.78, 5) is 14.0. The third-order valence-corrected chi connectivity index (χ3v) is 3.66. The van der Waals surface area contributed by atoms with E-state index in [-0.39, 0.29) is 6.04 Å². The van der Waals surface area contributed by atoms with Gasteiger partial charge in [-0.05, 0) is 25.8 Å². The summed E-state index contributed by atoms with van der Waals surface area (Å²) in [6, 6.07) is 0.995. The van der Waals surface area contributed by atoms with Crippen molar-refractivity contribution in [1.82, 2.24) is 10.2 Å². The predicted octanol–water partition coefficient (Wildman–Crippen LogP) is 2.71. The second kappa shape index (κ2) is 6.93. The highest BCUT2D eigenvalue weighted by molar-refractivity contribution is 5.95. The van der Waals surface area contributed by atoms with Crippen molar-refractivity contribution in [3.63, 3.8) is 0 Å². The van der Waals surface area contributed by atoms with Crippen LogP contribution in [0, 0.1) is 17.5 Å². The molecule has 0 aliphatic carbocycles. The number of piperidine rings is 1. The van der Waals surface area contributed by atoms with Gasteiger partial charge in [-0.25, -0.2) is 13.2 Å². The fraction of sp³-hybridized carbons (Fsp3) is 0.533. The zero-order valence-corrected chi connectivity index (χ0v) is 12.0. The first-order valence-corrected chi connectivity index (χ1v) is 7.20. The van der Waals surface area contributed by atoms with Crippen LogP contribution in [0.25, 0.3) is 0 Å². The number of amides is 1. The van der Waals surface area contributed by atoms with Crippen LogP contribution in [-0.2, 0) is 0 Å². The fourth-order valence-electron chi connectivity index (χ4n) is 2.68. The normalized spacial score (nSPS) is 18.6. The van der Waals surface area contributed by atoms with Crippen LogP contribution in [0.4, 0.5) is 13.2 Å². The van der Waals surface area contributed by atoms with Gasteiger partial charge in [-0.2, -0.15) is 0 Å². The first-order chi connectivity index (χ1) is 10.0. The molecule has 116 valence electrons. The quantitative estimate of drug-likeness (QED) is 0.927. The molecule has 0 radical (unpaired) electrons. The zero-order chi connectivity index (χ0) is 15.4. The van der Waals surface area contributed by atoms with E-state index in [1.54, 1.807) is 0 Å². The third-order valence-electron chi connectivity index (χ3n) is 3.66. The van der Waals surface area contributed by atoms with Crippen molar-refractivity contribution < 1.29 is 18.0 Å². The summed E-state index contributed by atoms with van der Waals surface area (Å²) in [5, 5.41) is 3.18. The van der Waals surface area contributed by atoms with Gasteiger partial charge in [-0.1, -0.05) is 6.92 Å². The van der Waals surface area contributed by atoms with Gasteiger partial charge in [0.15, 0.2) is 0 Å². The van der Waals surface area contributed by atoms with E-state index in [2.05, 4.69) is 5.32 Å². The Balaban J connectivity index is 2.29. The van der Waals surface area contributed by atoms with Gasteiger partial charge in [-0.3, -0.25) is 4.79 Å². The lowest BCUT2D eigenvalue weighted by Crippen LogP contribution is -2.49. The standard InChI is InChI=1S/C15H19F3N2O/c1-2-6-20(11-4-3-5-19-9-11)15(21)14-12(17)7-10(16)8-13(14)18/h7-8,11,19H,2-6,9H2,1H3. The topological polar surface area (TPSA) is 32.3 Å². The van der Waals surface area contributed by atoms with Gasteiger partial charge >= 0.3 is 0 Å². The van der Waals surface area contributed by atoms with Crippen LogP contribution in [0.3, 0.4) is 0 Å². The summed E-state index contributed by atoms with van der Waals surface area (Å²) in [7, 11) is 0. The molecule has 2 rings (SSSR count). The second-order valence-corrected chi connectivity index (χ2v) is 5.24. The van der Waals surface area contributed by atoms with E-state index in [9.17, 15) is 18.0 Å². The molecular weight excluding hydrogens is 281 g/mol. The molecule has 1 atom stereocenters. The molecule has 1 N–H and O–H groups in total. The molecule has 1 unspecified atom stereocenters. The van der Waals surface area contributed by atoms with Gasteiger partial charge < -0.3 is 10.2 Å². The van der Waals surface area contributed by atoms with Gasteiger partial charge in [0, 0.05) is 31.3 Å². The van der Waals surface area contributed by atoms with E-state index < -0.39 is 28.9 Å². The van der Waals surface area contributed by atoms with Crippen molar-refractivity contribution in [3.8, 4) is 0 Å². The Labute approximate surface area is 122 Å². The molecule has 1 saturated heterocycles. The fourth-order valence-corrected chi connectivity index (χ4v) is 2.68. The van der Waals surface area contributed by atoms with Crippen molar-refractivity contribution in [2.24, 2.45) is 0 Å². The molecule has 1 amide bonds. The SMILES string of the molecule is CCCN(C(=O)c1c(F)cc(F)cc1F)C1CCCNC1. The molecule has 1 fully saturated rings. The molecule has 0 spiro atoms. The van der Waals surface area contributed by atoms with Gasteiger partial charge in [0.05, 0.1) is 0 Å². The van der Waals surface area contributed by atoms with E-state index in [0.29, 0.717) is 31.6 Å². The van der Waals surface area contributed by atoms with E-state index in [0.717, 1.165) is 19.4 Å². The Morgan fingerprint density at radius 1 is 1.33 bits per heavy atom. The molecule has 1 aliphatic heterocycles. The molecular formula is C15H19F3N2O. The van der Waals surface area contributed by atoms with Crippen LogP contribution >= 0.6 is 0 Å². The summed E-state index contributed by atoms with van der Waals surface area (Å²) < 4.78 is 40.5. The predicted molar refractivity (Wildman–Crippen MR) is 73.5 cm³/mol. The number of rotatable bonds is 4. The molecule has 0 bridgehead atoms. The van der Waals surface area contributed by atoms with Crippen LogP contribution < -0.4 is 5.32 Å². The minimum absolute atomic E-state index is 0.0879. The highest BCUT2D eigenvalue weighted by Crippen LogP contribution is 2.20. The monoisotopic (exact) mass is 300 g/mol. The Morgan fingerprint density at radius 3 is 2.52 bits per heavy atom. The van der Waals surface area contributed by atoms with Gasteiger partial charge in [-0.15, -0.1) is 0 Å². The molecule has 1 heterocycles. The van der Waals surface area contributed by atoms with E-state index in [4.69, 9.17) is 0 Å². The Bertz CT molecular complexity index is 493. The lowest BCUT2D eigenvalue weighted by atomic mass is 10.0. The van der Waals surface area contributed by atoms with Gasteiger partial charge in [0.2, 0.25) is 0 Å². The lowest BCUT2D eigenvalue weighted by Gasteiger charge is -2.34. The lowest BCUT2D eigenvalue weighted by molar-refractivity contribution is 0.0639. The minimum Gasteiger partial charge on any atom is -0.334 e. The van der Waals surface area contributed by atoms with Crippen LogP contribution in [-0.4, -0.2) is 36.5 Å². The molecule has 1 aliphatic rings. The number of carbonyl (C=O) groups is 1. The Morgan fingerprint density at radius 2 is 2.00 bits per heavy atom. The number of nitrogens with one attached hydrogen (secondary N) is 1.